The fourth-order valence-corrected chi connectivity index (χ4v) is 2.80. The van der Waals surface area contributed by atoms with E-state index in [1.807, 2.05) is 29.2 Å². The average Bonchev–Trinajstić information content (AvgIpc) is 2.57. The summed E-state index contributed by atoms with van der Waals surface area (Å²) in [7, 11) is 2.06. The Labute approximate surface area is 143 Å². The lowest BCUT2D eigenvalue weighted by molar-refractivity contribution is 0.0658. The summed E-state index contributed by atoms with van der Waals surface area (Å²) >= 11 is 3.48. The van der Waals surface area contributed by atoms with E-state index in [0.29, 0.717) is 11.5 Å². The van der Waals surface area contributed by atoms with Gasteiger partial charge in [-0.15, -0.1) is 0 Å². The Bertz CT molecular complexity index is 700. The number of likely N-dealkylation sites (N-methyl/N-ethyl adjacent to an activating group) is 1. The number of anilines is 2. The highest BCUT2D eigenvalue weighted by atomic mass is 79.9. The lowest BCUT2D eigenvalue weighted by atomic mass is 10.2. The normalized spacial score (nSPS) is 15.5. The van der Waals surface area contributed by atoms with Crippen molar-refractivity contribution >= 4 is 33.3 Å². The third kappa shape index (κ3) is 3.86. The first-order valence-corrected chi connectivity index (χ1v) is 8.24. The number of aromatic nitrogens is 2. The maximum Gasteiger partial charge on any atom is 0.272 e. The number of halogens is 1. The largest absolute Gasteiger partial charge is 0.339 e. The molecule has 3 rings (SSSR count). The van der Waals surface area contributed by atoms with Crippen molar-refractivity contribution in [1.82, 2.24) is 19.8 Å². The van der Waals surface area contributed by atoms with Crippen LogP contribution in [0.4, 0.5) is 11.5 Å². The second-order valence-electron chi connectivity index (χ2n) is 5.49. The molecule has 0 bridgehead atoms. The Hall–Kier alpha value is -1.99. The van der Waals surface area contributed by atoms with Crippen molar-refractivity contribution in [3.8, 4) is 0 Å². The molecule has 1 fully saturated rings. The second kappa shape index (κ2) is 7.06. The van der Waals surface area contributed by atoms with Gasteiger partial charge >= 0.3 is 0 Å². The lowest BCUT2D eigenvalue weighted by Crippen LogP contribution is -2.47. The van der Waals surface area contributed by atoms with Gasteiger partial charge in [0, 0.05) is 36.7 Å². The molecule has 0 atom stereocenters. The van der Waals surface area contributed by atoms with E-state index in [-0.39, 0.29) is 5.91 Å². The highest BCUT2D eigenvalue weighted by Crippen LogP contribution is 2.24. The van der Waals surface area contributed by atoms with Crippen molar-refractivity contribution in [2.75, 3.05) is 38.5 Å². The minimum Gasteiger partial charge on any atom is -0.339 e. The number of benzene rings is 1. The predicted molar refractivity (Wildman–Crippen MR) is 92.9 cm³/mol. The molecule has 0 saturated carbocycles. The molecule has 23 heavy (non-hydrogen) atoms. The van der Waals surface area contributed by atoms with Gasteiger partial charge in [-0.05, 0) is 35.1 Å². The highest BCUT2D eigenvalue weighted by Gasteiger charge is 2.21. The average molecular weight is 376 g/mol. The first-order valence-electron chi connectivity index (χ1n) is 7.45. The molecule has 0 aliphatic carbocycles. The number of rotatable bonds is 3. The Kier molecular flexibility index (Phi) is 4.88. The fourth-order valence-electron chi connectivity index (χ4n) is 2.41. The van der Waals surface area contributed by atoms with Crippen molar-refractivity contribution in [1.29, 1.82) is 0 Å². The molecule has 7 heteroatoms. The number of nitrogens with one attached hydrogen (secondary N) is 1. The van der Waals surface area contributed by atoms with Crippen LogP contribution in [0, 0.1) is 0 Å². The first kappa shape index (κ1) is 15.9. The molecule has 1 aromatic carbocycles. The van der Waals surface area contributed by atoms with Crippen LogP contribution in [0.1, 0.15) is 10.5 Å². The number of nitrogens with zero attached hydrogens (tertiary/aromatic N) is 4. The van der Waals surface area contributed by atoms with Gasteiger partial charge < -0.3 is 15.1 Å². The summed E-state index contributed by atoms with van der Waals surface area (Å²) in [6.07, 6.45) is 1.42. The molecule has 1 aliphatic heterocycles. The van der Waals surface area contributed by atoms with E-state index in [4.69, 9.17) is 0 Å². The zero-order valence-corrected chi connectivity index (χ0v) is 14.5. The smallest absolute Gasteiger partial charge is 0.272 e. The van der Waals surface area contributed by atoms with Gasteiger partial charge in [-0.2, -0.15) is 0 Å². The number of carbonyl (C=O) groups excluding carboxylic acids is 1. The van der Waals surface area contributed by atoms with Crippen LogP contribution in [0.25, 0.3) is 0 Å². The molecule has 1 N–H and O–H groups in total. The van der Waals surface area contributed by atoms with Crippen molar-refractivity contribution in [2.45, 2.75) is 0 Å². The summed E-state index contributed by atoms with van der Waals surface area (Å²) in [4.78, 5) is 24.9. The summed E-state index contributed by atoms with van der Waals surface area (Å²) in [5.74, 6) is 0.556. The van der Waals surface area contributed by atoms with Gasteiger partial charge in [0.2, 0.25) is 0 Å². The van der Waals surface area contributed by atoms with Crippen LogP contribution in [0.5, 0.6) is 0 Å². The van der Waals surface area contributed by atoms with Crippen LogP contribution in [-0.4, -0.2) is 58.9 Å². The van der Waals surface area contributed by atoms with E-state index in [1.165, 1.54) is 6.33 Å². The molecule has 0 radical (unpaired) electrons. The van der Waals surface area contributed by atoms with Gasteiger partial charge in [0.15, 0.2) is 0 Å². The molecule has 0 spiro atoms. The van der Waals surface area contributed by atoms with E-state index in [1.54, 1.807) is 6.07 Å². The molecule has 1 aromatic heterocycles. The highest BCUT2D eigenvalue weighted by molar-refractivity contribution is 9.10. The maximum atomic E-state index is 12.6. The van der Waals surface area contributed by atoms with Crippen LogP contribution in [0.2, 0.25) is 0 Å². The summed E-state index contributed by atoms with van der Waals surface area (Å²) in [5, 5.41) is 3.20. The summed E-state index contributed by atoms with van der Waals surface area (Å²) in [6, 6.07) is 9.45. The fraction of sp³-hybridized carbons (Fsp3) is 0.312. The van der Waals surface area contributed by atoms with E-state index < -0.39 is 0 Å². The van der Waals surface area contributed by atoms with E-state index >= 15 is 0 Å². The first-order chi connectivity index (χ1) is 11.1. The molecule has 1 aliphatic rings. The van der Waals surface area contributed by atoms with Gasteiger partial charge in [0.05, 0.1) is 5.69 Å². The Morgan fingerprint density at radius 3 is 2.65 bits per heavy atom. The summed E-state index contributed by atoms with van der Waals surface area (Å²) in [5.41, 5.74) is 1.31. The number of hydrogen-bond acceptors (Lipinski definition) is 5. The standard InChI is InChI=1S/C16H18BrN5O/c1-21-6-8-22(9-7-21)16(23)14-10-15(19-11-18-14)20-13-5-3-2-4-12(13)17/h2-5,10-11H,6-9H2,1H3,(H,18,19,20). The maximum absolute atomic E-state index is 12.6. The van der Waals surface area contributed by atoms with E-state index in [2.05, 4.69) is 43.2 Å². The lowest BCUT2D eigenvalue weighted by Gasteiger charge is -2.32. The third-order valence-corrected chi connectivity index (χ3v) is 4.50. The van der Waals surface area contributed by atoms with Crippen molar-refractivity contribution in [2.24, 2.45) is 0 Å². The number of para-hydroxylation sites is 1. The zero-order chi connectivity index (χ0) is 16.2. The Balaban J connectivity index is 1.75. The SMILES string of the molecule is CN1CCN(C(=O)c2cc(Nc3ccccc3Br)ncn2)CC1. The molecule has 6 nitrogen and oxygen atoms in total. The minimum absolute atomic E-state index is 0.0457. The number of piperazine rings is 1. The van der Waals surface area contributed by atoms with E-state index in [9.17, 15) is 4.79 Å². The molecular formula is C16H18BrN5O. The second-order valence-corrected chi connectivity index (χ2v) is 6.34. The quantitative estimate of drug-likeness (QED) is 0.891. The zero-order valence-electron chi connectivity index (χ0n) is 12.9. The minimum atomic E-state index is -0.0457. The van der Waals surface area contributed by atoms with Crippen LogP contribution in [-0.2, 0) is 0 Å². The van der Waals surface area contributed by atoms with Crippen LogP contribution in [0.3, 0.4) is 0 Å². The topological polar surface area (TPSA) is 61.4 Å². The molecule has 0 unspecified atom stereocenters. The van der Waals surface area contributed by atoms with Crippen molar-refractivity contribution in [3.05, 3.63) is 46.8 Å². The molecule has 1 saturated heterocycles. The van der Waals surface area contributed by atoms with Crippen LogP contribution < -0.4 is 5.32 Å². The van der Waals surface area contributed by atoms with E-state index in [0.717, 1.165) is 36.3 Å². The number of hydrogen-bond donors (Lipinski definition) is 1. The van der Waals surface area contributed by atoms with Crippen LogP contribution in [0.15, 0.2) is 41.1 Å². The Morgan fingerprint density at radius 2 is 1.91 bits per heavy atom. The molecule has 2 aromatic rings. The number of amides is 1. The van der Waals surface area contributed by atoms with Gasteiger partial charge in [0.25, 0.3) is 5.91 Å². The molecule has 120 valence electrons. The van der Waals surface area contributed by atoms with Crippen LogP contribution >= 0.6 is 15.9 Å². The van der Waals surface area contributed by atoms with Crippen molar-refractivity contribution < 1.29 is 4.79 Å². The monoisotopic (exact) mass is 375 g/mol. The Morgan fingerprint density at radius 1 is 1.17 bits per heavy atom. The van der Waals surface area contributed by atoms with Gasteiger partial charge in [-0.25, -0.2) is 9.97 Å². The summed E-state index contributed by atoms with van der Waals surface area (Å²) < 4.78 is 0.936. The number of carbonyl (C=O) groups is 1. The molecule has 2 heterocycles. The molecular weight excluding hydrogens is 358 g/mol. The predicted octanol–water partition coefficient (Wildman–Crippen LogP) is 2.37. The van der Waals surface area contributed by atoms with Gasteiger partial charge in [-0.3, -0.25) is 4.79 Å². The third-order valence-electron chi connectivity index (χ3n) is 3.81. The molecule has 1 amide bonds. The van der Waals surface area contributed by atoms with Gasteiger partial charge in [0.1, 0.15) is 17.8 Å². The summed E-state index contributed by atoms with van der Waals surface area (Å²) in [6.45, 7) is 3.23. The van der Waals surface area contributed by atoms with Gasteiger partial charge in [-0.1, -0.05) is 12.1 Å². The van der Waals surface area contributed by atoms with Crippen molar-refractivity contribution in [3.63, 3.8) is 0 Å².